The molecule has 0 aliphatic carbocycles. The molecule has 0 aliphatic heterocycles. The van der Waals surface area contributed by atoms with E-state index in [9.17, 15) is 18.3 Å². The first-order valence-electron chi connectivity index (χ1n) is 26.1. The van der Waals surface area contributed by atoms with E-state index in [4.69, 9.17) is 0 Å². The maximum absolute atomic E-state index is 12.4. The van der Waals surface area contributed by atoms with Crippen molar-refractivity contribution in [1.29, 1.82) is 0 Å². The molecule has 0 atom stereocenters. The molecule has 12 rings (SSSR count). The van der Waals surface area contributed by atoms with Gasteiger partial charge < -0.3 is 0 Å². The van der Waals surface area contributed by atoms with Crippen LogP contribution in [0.25, 0.3) is 0 Å². The molecule has 0 unspecified atom stereocenters. The van der Waals surface area contributed by atoms with E-state index in [2.05, 4.69) is 146 Å². The van der Waals surface area contributed by atoms with Crippen LogP contribution in [0.5, 0.6) is 0 Å². The fourth-order valence-corrected chi connectivity index (χ4v) is 40.5. The second-order valence-corrected chi connectivity index (χ2v) is 50.7. The van der Waals surface area contributed by atoms with Gasteiger partial charge in [-0.05, 0) is 0 Å². The molecule has 432 valence electrons. The van der Waals surface area contributed by atoms with Crippen LogP contribution >= 0.6 is 26.6 Å². The van der Waals surface area contributed by atoms with Crippen molar-refractivity contribution < 1.29 is 78.4 Å². The summed E-state index contributed by atoms with van der Waals surface area (Å²) in [6, 6.07) is 123. The fraction of sp³-hybridized carbons (Fsp3) is 0. The van der Waals surface area contributed by atoms with Crippen molar-refractivity contribution in [1.82, 2.24) is 0 Å². The molecule has 0 aromatic heterocycles. The van der Waals surface area contributed by atoms with Crippen molar-refractivity contribution in [3.8, 4) is 0 Å². The van der Waals surface area contributed by atoms with Gasteiger partial charge in [-0.25, -0.2) is 0 Å². The summed E-state index contributed by atoms with van der Waals surface area (Å²) in [6.45, 7) is 0.856. The first-order valence-corrected chi connectivity index (χ1v) is 46.4. The fourth-order valence-electron chi connectivity index (χ4n) is 8.33. The van der Waals surface area contributed by atoms with Crippen LogP contribution in [-0.2, 0) is 78.4 Å². The van der Waals surface area contributed by atoms with Crippen LogP contribution in [0.3, 0.4) is 0 Å². The predicted octanol–water partition coefficient (Wildman–Crippen LogP) is 13.3. The summed E-state index contributed by atoms with van der Waals surface area (Å²) in [5.41, 5.74) is 0. The molecule has 0 aliphatic rings. The standard InChI is InChI=1S/12C6H5.4OP.4Pd/c12*1-2-4-6-5-3-1;4*1-2;;;;/h12*1-5H;;;;;;;;/q;;;;;;;;;;;;4*-1;4*+1. The van der Waals surface area contributed by atoms with E-state index in [1.807, 2.05) is 218 Å². The molecule has 12 aromatic carbocycles. The van der Waals surface area contributed by atoms with Crippen LogP contribution in [0.2, 0.25) is 0 Å². The van der Waals surface area contributed by atoms with Crippen molar-refractivity contribution in [3.05, 3.63) is 364 Å². The zero-order valence-corrected chi connectivity index (χ0v) is 55.1. The molecule has 0 bridgehead atoms. The van der Waals surface area contributed by atoms with E-state index in [1.54, 1.807) is 0 Å². The van der Waals surface area contributed by atoms with Crippen LogP contribution in [-0.4, -0.2) is 0 Å². The Labute approximate surface area is 512 Å². The molecule has 84 heavy (non-hydrogen) atoms. The Kier molecular flexibility index (Phi) is 23.5. The average Bonchev–Trinajstić information content (AvgIpc) is 3.39. The van der Waals surface area contributed by atoms with E-state index < -0.39 is 60.2 Å². The molecule has 0 heterocycles. The molecule has 0 saturated heterocycles. The van der Waals surface area contributed by atoms with Gasteiger partial charge in [-0.15, -0.1) is 0 Å². The topological polar surface area (TPSA) is 68.3 Å². The van der Waals surface area contributed by atoms with Gasteiger partial charge in [0.2, 0.25) is 0 Å². The summed E-state index contributed by atoms with van der Waals surface area (Å²) < 4.78 is 63.7. The first kappa shape index (κ1) is 62.2. The van der Waals surface area contributed by atoms with Crippen molar-refractivity contribution in [2.24, 2.45) is 0 Å². The molecule has 4 nitrogen and oxygen atoms in total. The molecule has 0 saturated carbocycles. The molecule has 12 aromatic rings. The van der Waals surface area contributed by atoms with Gasteiger partial charge in [0.25, 0.3) is 0 Å². The number of benzene rings is 12. The van der Waals surface area contributed by atoms with E-state index in [0.29, 0.717) is 0 Å². The predicted molar refractivity (Wildman–Crippen MR) is 343 cm³/mol. The van der Waals surface area contributed by atoms with E-state index >= 15 is 0 Å². The van der Waals surface area contributed by atoms with Gasteiger partial charge in [-0.2, -0.15) is 0 Å². The third kappa shape index (κ3) is 14.0. The van der Waals surface area contributed by atoms with Gasteiger partial charge in [0, 0.05) is 0 Å². The number of hydrogen-bond acceptors (Lipinski definition) is 4. The van der Waals surface area contributed by atoms with Crippen molar-refractivity contribution in [2.45, 2.75) is 0 Å². The normalized spacial score (nSPS) is 12.2. The van der Waals surface area contributed by atoms with E-state index in [0.717, 1.165) is 0 Å². The zero-order chi connectivity index (χ0) is 58.2. The Morgan fingerprint density at radius 1 is 0.131 bits per heavy atom. The Morgan fingerprint density at radius 3 is 0.262 bits per heavy atom. The zero-order valence-electron chi connectivity index (χ0n) is 45.3. The van der Waals surface area contributed by atoms with Crippen LogP contribution in [0.1, 0.15) is 0 Å². The van der Waals surface area contributed by atoms with E-state index in [1.165, 1.54) is 48.4 Å². The summed E-state index contributed by atoms with van der Waals surface area (Å²) in [5, 5.41) is 0. The minimum absolute atomic E-state index is 0.214. The van der Waals surface area contributed by atoms with Crippen LogP contribution < -0.4 is 48.4 Å². The number of rotatable bonds is 16. The van der Waals surface area contributed by atoms with Crippen LogP contribution in [0.15, 0.2) is 364 Å². The Hall–Kier alpha value is -6.31. The molecular formula is C72H60O4P4Pd4. The Balaban J connectivity index is 0.000000134. The van der Waals surface area contributed by atoms with Crippen molar-refractivity contribution >= 4 is 75.0 Å². The quantitative estimate of drug-likeness (QED) is 0.0714. The van der Waals surface area contributed by atoms with Gasteiger partial charge in [0.15, 0.2) is 0 Å². The summed E-state index contributed by atoms with van der Waals surface area (Å²) in [4.78, 5) is 0. The molecule has 0 radical (unpaired) electrons. The Bertz CT molecular complexity index is 2990. The van der Waals surface area contributed by atoms with E-state index in [-0.39, 0.29) is 26.6 Å². The second kappa shape index (κ2) is 31.7. The third-order valence-electron chi connectivity index (χ3n) is 12.1. The molecule has 0 N–H and O–H groups in total. The molecular weight excluding hydrogens is 1480 g/mol. The van der Waals surface area contributed by atoms with Gasteiger partial charge in [0.1, 0.15) is 0 Å². The Morgan fingerprint density at radius 2 is 0.202 bits per heavy atom. The minimum atomic E-state index is -2.63. The SMILES string of the molecule is O=[P][Pd]([c]1ccccc1)([c]1ccccc1)[c]1ccccc1.O=[P][Pd]([c]1ccccc1)([c]1ccccc1)[c]1ccccc1.O=[P][Pd]([c]1ccccc1)([c]1ccccc1)[c]1ccccc1.O=[P][Pd]([c]1ccccc1)([c]1ccccc1)[c]1ccccc1. The van der Waals surface area contributed by atoms with Crippen LogP contribution in [0, 0.1) is 0 Å². The molecule has 0 amide bonds. The van der Waals surface area contributed by atoms with Crippen LogP contribution in [0.4, 0.5) is 0 Å². The summed E-state index contributed by atoms with van der Waals surface area (Å²) >= 11 is -10.5. The molecule has 0 spiro atoms. The molecule has 12 heteroatoms. The monoisotopic (exact) mass is 1540 g/mol. The average molecular weight is 1540 g/mol. The summed E-state index contributed by atoms with van der Waals surface area (Å²) in [6.07, 6.45) is 0. The first-order chi connectivity index (χ1) is 41.5. The summed E-state index contributed by atoms with van der Waals surface area (Å²) in [5.74, 6) is 0. The van der Waals surface area contributed by atoms with Gasteiger partial charge in [0.05, 0.1) is 0 Å². The second-order valence-electron chi connectivity index (χ2n) is 17.1. The van der Waals surface area contributed by atoms with Crippen molar-refractivity contribution in [3.63, 3.8) is 0 Å². The number of hydrogen-bond donors (Lipinski definition) is 0. The van der Waals surface area contributed by atoms with Crippen molar-refractivity contribution in [2.75, 3.05) is 0 Å². The van der Waals surface area contributed by atoms with Gasteiger partial charge in [-0.1, -0.05) is 0 Å². The third-order valence-corrected chi connectivity index (χ3v) is 51.3. The van der Waals surface area contributed by atoms with Gasteiger partial charge >= 0.3 is 517 Å². The van der Waals surface area contributed by atoms with Gasteiger partial charge in [-0.3, -0.25) is 0 Å². The maximum atomic E-state index is 12.4. The summed E-state index contributed by atoms with van der Waals surface area (Å²) in [7, 11) is 0. The molecule has 0 fully saturated rings.